The van der Waals surface area contributed by atoms with Crippen molar-refractivity contribution in [2.45, 2.75) is 33.6 Å². The smallest absolute Gasteiger partial charge is 0.127 e. The van der Waals surface area contributed by atoms with Gasteiger partial charge < -0.3 is 4.74 Å². The van der Waals surface area contributed by atoms with E-state index in [9.17, 15) is 0 Å². The summed E-state index contributed by atoms with van der Waals surface area (Å²) in [6.07, 6.45) is 2.29. The normalized spacial score (nSPS) is 14.8. The van der Waals surface area contributed by atoms with Crippen LogP contribution in [0.5, 0.6) is 5.75 Å². The molecule has 1 aliphatic heterocycles. The predicted octanol–water partition coefficient (Wildman–Crippen LogP) is 4.24. The minimum absolute atomic E-state index is 0.566. The molecule has 0 radical (unpaired) electrons. The van der Waals surface area contributed by atoms with Crippen molar-refractivity contribution in [2.75, 3.05) is 6.61 Å². The van der Waals surface area contributed by atoms with Crippen molar-refractivity contribution in [3.63, 3.8) is 0 Å². The number of rotatable bonds is 2. The first-order chi connectivity index (χ1) is 7.58. The second-order valence-electron chi connectivity index (χ2n) is 5.11. The minimum Gasteiger partial charge on any atom is -0.489 e. The Labute approximate surface area is 98.1 Å². The molecule has 0 unspecified atom stereocenters. The first-order valence-electron chi connectivity index (χ1n) is 6.05. The van der Waals surface area contributed by atoms with Gasteiger partial charge in [-0.2, -0.15) is 0 Å². The lowest BCUT2D eigenvalue weighted by atomic mass is 9.95. The second kappa shape index (κ2) is 4.32. The van der Waals surface area contributed by atoms with Gasteiger partial charge in [0, 0.05) is 5.56 Å². The maximum Gasteiger partial charge on any atom is 0.127 e. The average Bonchev–Trinajstić information content (AvgIpc) is 2.27. The molecular weight excluding hydrogens is 196 g/mol. The molecule has 1 heteroatoms. The summed E-state index contributed by atoms with van der Waals surface area (Å²) in [5, 5.41) is 0. The van der Waals surface area contributed by atoms with Crippen molar-refractivity contribution in [1.29, 1.82) is 0 Å². The van der Waals surface area contributed by atoms with Crippen LogP contribution in [0.15, 0.2) is 23.8 Å². The Morgan fingerprint density at radius 1 is 1.06 bits per heavy atom. The first kappa shape index (κ1) is 11.3. The quantitative estimate of drug-likeness (QED) is 0.718. The van der Waals surface area contributed by atoms with E-state index in [1.165, 1.54) is 16.7 Å². The number of benzene rings is 1. The van der Waals surface area contributed by atoms with E-state index in [0.29, 0.717) is 11.8 Å². The van der Waals surface area contributed by atoms with E-state index in [1.807, 2.05) is 0 Å². The largest absolute Gasteiger partial charge is 0.489 e. The maximum absolute atomic E-state index is 5.76. The molecule has 0 N–H and O–H groups in total. The minimum atomic E-state index is 0.566. The van der Waals surface area contributed by atoms with Gasteiger partial charge in [-0.25, -0.2) is 0 Å². The summed E-state index contributed by atoms with van der Waals surface area (Å²) in [4.78, 5) is 0. The van der Waals surface area contributed by atoms with Crippen LogP contribution >= 0.6 is 0 Å². The van der Waals surface area contributed by atoms with Gasteiger partial charge in [-0.05, 0) is 41.2 Å². The van der Waals surface area contributed by atoms with Gasteiger partial charge in [-0.15, -0.1) is 0 Å². The summed E-state index contributed by atoms with van der Waals surface area (Å²) >= 11 is 0. The molecule has 1 heterocycles. The summed E-state index contributed by atoms with van der Waals surface area (Å²) in [6, 6.07) is 6.51. The summed E-state index contributed by atoms with van der Waals surface area (Å²) in [5.41, 5.74) is 4.00. The highest BCUT2D eigenvalue weighted by Crippen LogP contribution is 2.31. The molecule has 2 rings (SSSR count). The van der Waals surface area contributed by atoms with Crippen LogP contribution in [0.25, 0.3) is 6.08 Å². The van der Waals surface area contributed by atoms with Crippen LogP contribution < -0.4 is 4.74 Å². The topological polar surface area (TPSA) is 9.23 Å². The lowest BCUT2D eigenvalue weighted by molar-refractivity contribution is 0.334. The lowest BCUT2D eigenvalue weighted by Crippen LogP contribution is -2.11. The van der Waals surface area contributed by atoms with Crippen LogP contribution in [-0.2, 0) is 0 Å². The van der Waals surface area contributed by atoms with E-state index < -0.39 is 0 Å². The maximum atomic E-state index is 5.76. The van der Waals surface area contributed by atoms with Crippen LogP contribution in [0, 0.1) is 5.92 Å². The van der Waals surface area contributed by atoms with E-state index in [-0.39, 0.29) is 0 Å². The van der Waals surface area contributed by atoms with Gasteiger partial charge >= 0.3 is 0 Å². The fourth-order valence-electron chi connectivity index (χ4n) is 1.91. The third kappa shape index (κ3) is 2.13. The molecule has 1 aliphatic rings. The lowest BCUT2D eigenvalue weighted by Gasteiger charge is -2.21. The molecular formula is C15H20O. The molecule has 0 saturated heterocycles. The van der Waals surface area contributed by atoms with Crippen molar-refractivity contribution >= 4 is 6.08 Å². The Kier molecular flexibility index (Phi) is 3.04. The predicted molar refractivity (Wildman–Crippen MR) is 68.8 cm³/mol. The Bertz CT molecular complexity index is 413. The molecule has 1 aromatic carbocycles. The summed E-state index contributed by atoms with van der Waals surface area (Å²) in [5.74, 6) is 2.16. The zero-order valence-corrected chi connectivity index (χ0v) is 10.6. The molecule has 0 bridgehead atoms. The molecule has 1 aromatic rings. The van der Waals surface area contributed by atoms with E-state index >= 15 is 0 Å². The van der Waals surface area contributed by atoms with Gasteiger partial charge in [-0.3, -0.25) is 0 Å². The highest BCUT2D eigenvalue weighted by Gasteiger charge is 2.14. The van der Waals surface area contributed by atoms with E-state index in [0.717, 1.165) is 12.4 Å². The van der Waals surface area contributed by atoms with E-state index in [1.54, 1.807) is 0 Å². The van der Waals surface area contributed by atoms with Gasteiger partial charge in [0.1, 0.15) is 12.4 Å². The van der Waals surface area contributed by atoms with Gasteiger partial charge in [0.2, 0.25) is 0 Å². The average molecular weight is 216 g/mol. The van der Waals surface area contributed by atoms with Crippen LogP contribution in [0.3, 0.4) is 0 Å². The van der Waals surface area contributed by atoms with Crippen molar-refractivity contribution in [3.05, 3.63) is 34.9 Å². The Hall–Kier alpha value is -1.24. The van der Waals surface area contributed by atoms with Crippen LogP contribution in [0.4, 0.5) is 0 Å². The van der Waals surface area contributed by atoms with E-state index in [4.69, 9.17) is 4.74 Å². The summed E-state index contributed by atoms with van der Waals surface area (Å²) in [7, 11) is 0. The zero-order chi connectivity index (χ0) is 11.7. The molecule has 0 fully saturated rings. The van der Waals surface area contributed by atoms with Crippen molar-refractivity contribution in [2.24, 2.45) is 5.92 Å². The van der Waals surface area contributed by atoms with E-state index in [2.05, 4.69) is 52.0 Å². The van der Waals surface area contributed by atoms with Crippen LogP contribution in [-0.4, -0.2) is 6.61 Å². The Morgan fingerprint density at radius 3 is 2.44 bits per heavy atom. The van der Waals surface area contributed by atoms with Crippen molar-refractivity contribution in [1.82, 2.24) is 0 Å². The van der Waals surface area contributed by atoms with Gasteiger partial charge in [0.05, 0.1) is 0 Å². The fraction of sp³-hybridized carbons (Fsp3) is 0.467. The molecule has 0 aromatic heterocycles. The molecule has 0 amide bonds. The van der Waals surface area contributed by atoms with Crippen molar-refractivity contribution < 1.29 is 4.74 Å². The number of hydrogen-bond acceptors (Lipinski definition) is 1. The zero-order valence-electron chi connectivity index (χ0n) is 10.6. The van der Waals surface area contributed by atoms with Gasteiger partial charge in [0.25, 0.3) is 0 Å². The fourth-order valence-corrected chi connectivity index (χ4v) is 1.91. The van der Waals surface area contributed by atoms with Crippen LogP contribution in [0.1, 0.15) is 44.7 Å². The Morgan fingerprint density at radius 2 is 1.81 bits per heavy atom. The molecule has 1 nitrogen and oxygen atoms in total. The molecule has 0 saturated carbocycles. The highest BCUT2D eigenvalue weighted by atomic mass is 16.5. The third-order valence-corrected chi connectivity index (χ3v) is 3.18. The monoisotopic (exact) mass is 216 g/mol. The van der Waals surface area contributed by atoms with Crippen molar-refractivity contribution in [3.8, 4) is 5.75 Å². The first-order valence-corrected chi connectivity index (χ1v) is 6.05. The number of ether oxygens (including phenoxy) is 1. The van der Waals surface area contributed by atoms with Crippen LogP contribution in [0.2, 0.25) is 0 Å². The second-order valence-corrected chi connectivity index (χ2v) is 5.11. The summed E-state index contributed by atoms with van der Waals surface area (Å²) < 4.78 is 5.76. The molecule has 0 aliphatic carbocycles. The third-order valence-electron chi connectivity index (χ3n) is 3.18. The van der Waals surface area contributed by atoms with Gasteiger partial charge in [0.15, 0.2) is 0 Å². The molecule has 16 heavy (non-hydrogen) atoms. The highest BCUT2D eigenvalue weighted by molar-refractivity contribution is 5.63. The number of hydrogen-bond donors (Lipinski definition) is 0. The standard InChI is InChI=1S/C15H20O/c1-10(2)12-5-6-15-13(7-12)8-14(9-16-15)11(3)4/h5-8,10-11H,9H2,1-4H3. The Balaban J connectivity index is 2.39. The molecule has 86 valence electrons. The number of fused-ring (bicyclic) bond motifs is 1. The SMILES string of the molecule is CC(C)C1=Cc2cc(C(C)C)ccc2OC1. The van der Waals surface area contributed by atoms with Gasteiger partial charge in [-0.1, -0.05) is 33.8 Å². The molecule has 0 atom stereocenters. The summed E-state index contributed by atoms with van der Waals surface area (Å²) in [6.45, 7) is 9.61. The molecule has 0 spiro atoms.